The smallest absolute Gasteiger partial charge is 0.229 e. The van der Waals surface area contributed by atoms with Crippen molar-refractivity contribution in [1.82, 2.24) is 0 Å². The molecule has 1 fully saturated rings. The molecular weight excluding hydrogens is 424 g/mol. The Labute approximate surface area is 183 Å². The highest BCUT2D eigenvalue weighted by atomic mass is 16.7. The van der Waals surface area contributed by atoms with Gasteiger partial charge in [0.05, 0.1) is 26.2 Å². The molecule has 0 amide bonds. The molecule has 7 atom stereocenters. The van der Waals surface area contributed by atoms with Gasteiger partial charge in [-0.2, -0.15) is 0 Å². The van der Waals surface area contributed by atoms with Crippen LogP contribution in [0.1, 0.15) is 23.1 Å². The van der Waals surface area contributed by atoms with Crippen molar-refractivity contribution in [3.63, 3.8) is 0 Å². The van der Waals surface area contributed by atoms with Crippen molar-refractivity contribution in [2.45, 2.75) is 42.7 Å². The Bertz CT molecular complexity index is 1010. The van der Waals surface area contributed by atoms with E-state index in [1.54, 1.807) is 24.3 Å². The summed E-state index contributed by atoms with van der Waals surface area (Å²) in [7, 11) is 1.46. The van der Waals surface area contributed by atoms with Gasteiger partial charge in [-0.1, -0.05) is 6.07 Å². The first-order valence-electron chi connectivity index (χ1n) is 10.2. The van der Waals surface area contributed by atoms with E-state index >= 15 is 0 Å². The fourth-order valence-corrected chi connectivity index (χ4v) is 4.42. The molecular formula is C22H24O10. The third kappa shape index (κ3) is 3.23. The van der Waals surface area contributed by atoms with Gasteiger partial charge in [-0.25, -0.2) is 0 Å². The predicted octanol–water partition coefficient (Wildman–Crippen LogP) is 0.189. The van der Waals surface area contributed by atoms with Gasteiger partial charge < -0.3 is 49.2 Å². The SMILES string of the molecule is COc1ccc2c(c1O)OCC1c3ccc(OC4OC(CO)C(O)C(O)C4O)cc3OC21. The molecule has 5 rings (SSSR count). The molecule has 5 N–H and O–H groups in total. The maximum absolute atomic E-state index is 10.4. The minimum absolute atomic E-state index is 0.0744. The van der Waals surface area contributed by atoms with Crippen LogP contribution in [0.4, 0.5) is 0 Å². The number of aliphatic hydroxyl groups excluding tert-OH is 4. The second-order valence-corrected chi connectivity index (χ2v) is 8.01. The maximum atomic E-state index is 10.4. The Balaban J connectivity index is 1.38. The summed E-state index contributed by atoms with van der Waals surface area (Å²) in [4.78, 5) is 0. The number of hydrogen-bond acceptors (Lipinski definition) is 10. The third-order valence-electron chi connectivity index (χ3n) is 6.16. The first-order chi connectivity index (χ1) is 15.4. The molecule has 3 aliphatic rings. The molecule has 2 aromatic rings. The summed E-state index contributed by atoms with van der Waals surface area (Å²) in [6, 6.07) is 8.57. The van der Waals surface area contributed by atoms with Crippen LogP contribution >= 0.6 is 0 Å². The lowest BCUT2D eigenvalue weighted by Crippen LogP contribution is -2.60. The zero-order valence-electron chi connectivity index (χ0n) is 17.1. The normalized spacial score (nSPS) is 32.7. The monoisotopic (exact) mass is 448 g/mol. The predicted molar refractivity (Wildman–Crippen MR) is 107 cm³/mol. The summed E-state index contributed by atoms with van der Waals surface area (Å²) < 4.78 is 28.2. The number of methoxy groups -OCH3 is 1. The summed E-state index contributed by atoms with van der Waals surface area (Å²) in [5, 5.41) is 49.8. The Kier molecular flexibility index (Phi) is 5.26. The fourth-order valence-electron chi connectivity index (χ4n) is 4.42. The highest BCUT2D eigenvalue weighted by molar-refractivity contribution is 5.59. The van der Waals surface area contributed by atoms with Gasteiger partial charge in [-0.15, -0.1) is 0 Å². The van der Waals surface area contributed by atoms with E-state index in [1.807, 2.05) is 6.07 Å². The fraction of sp³-hybridized carbons (Fsp3) is 0.455. The molecule has 0 radical (unpaired) electrons. The Morgan fingerprint density at radius 1 is 1.03 bits per heavy atom. The number of rotatable bonds is 4. The standard InChI is InChI=1S/C22H24O10/c1-28-13-5-4-11-20-12(8-29-21(11)17(13)25)10-3-2-9(6-14(10)31-20)30-22-19(27)18(26)16(24)15(7-23)32-22/h2-6,12,15-16,18-20,22-27H,7-8H2,1H3. The third-order valence-corrected chi connectivity index (χ3v) is 6.16. The summed E-state index contributed by atoms with van der Waals surface area (Å²) in [5.74, 6) is 1.34. The number of benzene rings is 2. The molecule has 0 aromatic heterocycles. The lowest BCUT2D eigenvalue weighted by atomic mass is 9.89. The average Bonchev–Trinajstić information content (AvgIpc) is 3.18. The van der Waals surface area contributed by atoms with Crippen molar-refractivity contribution in [1.29, 1.82) is 0 Å². The van der Waals surface area contributed by atoms with E-state index in [1.165, 1.54) is 7.11 Å². The highest BCUT2D eigenvalue weighted by Crippen LogP contribution is 2.55. The van der Waals surface area contributed by atoms with Gasteiger partial charge >= 0.3 is 0 Å². The number of aromatic hydroxyl groups is 1. The molecule has 2 aromatic carbocycles. The summed E-state index contributed by atoms with van der Waals surface area (Å²) >= 11 is 0. The van der Waals surface area contributed by atoms with Gasteiger partial charge in [0, 0.05) is 17.2 Å². The Morgan fingerprint density at radius 2 is 1.81 bits per heavy atom. The van der Waals surface area contributed by atoms with Crippen LogP contribution in [0.25, 0.3) is 0 Å². The minimum Gasteiger partial charge on any atom is -0.502 e. The van der Waals surface area contributed by atoms with Crippen LogP contribution in [-0.4, -0.2) is 76.6 Å². The van der Waals surface area contributed by atoms with Crippen LogP contribution in [-0.2, 0) is 4.74 Å². The number of hydrogen-bond donors (Lipinski definition) is 5. The van der Waals surface area contributed by atoms with Crippen LogP contribution in [0, 0.1) is 0 Å². The van der Waals surface area contributed by atoms with E-state index in [0.717, 1.165) is 5.56 Å². The highest BCUT2D eigenvalue weighted by Gasteiger charge is 2.45. The van der Waals surface area contributed by atoms with E-state index in [4.69, 9.17) is 23.7 Å². The second kappa shape index (κ2) is 7.98. The van der Waals surface area contributed by atoms with Crippen molar-refractivity contribution < 1.29 is 49.2 Å². The van der Waals surface area contributed by atoms with Crippen LogP contribution in [0.5, 0.6) is 28.7 Å². The van der Waals surface area contributed by atoms with Gasteiger partial charge in [0.1, 0.15) is 42.0 Å². The molecule has 7 unspecified atom stereocenters. The lowest BCUT2D eigenvalue weighted by Gasteiger charge is -2.39. The van der Waals surface area contributed by atoms with Crippen molar-refractivity contribution in [3.8, 4) is 28.7 Å². The van der Waals surface area contributed by atoms with Crippen molar-refractivity contribution in [2.24, 2.45) is 0 Å². The number of aliphatic hydroxyl groups is 4. The number of phenols is 1. The van der Waals surface area contributed by atoms with Crippen molar-refractivity contribution >= 4 is 0 Å². The molecule has 10 heteroatoms. The van der Waals surface area contributed by atoms with E-state index in [-0.39, 0.29) is 17.8 Å². The Hall–Kier alpha value is -2.76. The van der Waals surface area contributed by atoms with Crippen LogP contribution < -0.4 is 18.9 Å². The molecule has 1 saturated heterocycles. The molecule has 3 aliphatic heterocycles. The van der Waals surface area contributed by atoms with Crippen LogP contribution in [0.2, 0.25) is 0 Å². The molecule has 32 heavy (non-hydrogen) atoms. The van der Waals surface area contributed by atoms with Gasteiger partial charge in [0.25, 0.3) is 0 Å². The van der Waals surface area contributed by atoms with Crippen LogP contribution in [0.15, 0.2) is 30.3 Å². The largest absolute Gasteiger partial charge is 0.502 e. The first-order valence-corrected chi connectivity index (χ1v) is 10.2. The molecule has 0 bridgehead atoms. The average molecular weight is 448 g/mol. The maximum Gasteiger partial charge on any atom is 0.229 e. The van der Waals surface area contributed by atoms with Crippen LogP contribution in [0.3, 0.4) is 0 Å². The zero-order chi connectivity index (χ0) is 22.6. The van der Waals surface area contributed by atoms with E-state index in [2.05, 4.69) is 0 Å². The molecule has 172 valence electrons. The molecule has 0 spiro atoms. The first kappa shape index (κ1) is 21.1. The lowest BCUT2D eigenvalue weighted by molar-refractivity contribution is -0.277. The van der Waals surface area contributed by atoms with Gasteiger partial charge in [0.2, 0.25) is 12.0 Å². The van der Waals surface area contributed by atoms with E-state index < -0.39 is 37.3 Å². The molecule has 3 heterocycles. The van der Waals surface area contributed by atoms with Gasteiger partial charge in [-0.05, 0) is 18.2 Å². The Morgan fingerprint density at radius 3 is 2.56 bits per heavy atom. The van der Waals surface area contributed by atoms with E-state index in [0.29, 0.717) is 35.2 Å². The molecule has 0 aliphatic carbocycles. The van der Waals surface area contributed by atoms with Gasteiger partial charge in [0.15, 0.2) is 11.5 Å². The quantitative estimate of drug-likeness (QED) is 0.439. The summed E-state index contributed by atoms with van der Waals surface area (Å²) in [6.45, 7) is -0.239. The topological polar surface area (TPSA) is 147 Å². The van der Waals surface area contributed by atoms with Crippen molar-refractivity contribution in [3.05, 3.63) is 41.5 Å². The minimum atomic E-state index is -1.53. The van der Waals surface area contributed by atoms with E-state index in [9.17, 15) is 25.5 Å². The molecule has 10 nitrogen and oxygen atoms in total. The number of phenolic OH excluding ortho intramolecular Hbond substituents is 1. The molecule has 0 saturated carbocycles. The zero-order valence-corrected chi connectivity index (χ0v) is 17.1. The summed E-state index contributed by atoms with van der Waals surface area (Å²) in [6.07, 6.45) is -7.23. The van der Waals surface area contributed by atoms with Crippen molar-refractivity contribution in [2.75, 3.05) is 20.3 Å². The number of fused-ring (bicyclic) bond motifs is 5. The number of ether oxygens (including phenoxy) is 5. The second-order valence-electron chi connectivity index (χ2n) is 8.01. The van der Waals surface area contributed by atoms with Gasteiger partial charge in [-0.3, -0.25) is 0 Å². The summed E-state index contributed by atoms with van der Waals surface area (Å²) in [5.41, 5.74) is 1.60.